The van der Waals surface area contributed by atoms with Gasteiger partial charge in [0.2, 0.25) is 5.95 Å². The molecule has 0 saturated carbocycles. The van der Waals surface area contributed by atoms with Gasteiger partial charge in [-0.25, -0.2) is 9.97 Å². The molecular formula is C17H24N6. The molecule has 0 unspecified atom stereocenters. The molecule has 2 heterocycles. The zero-order chi connectivity index (χ0) is 16.2. The van der Waals surface area contributed by atoms with Crippen LogP contribution in [-0.2, 0) is 0 Å². The number of nitrogens with zero attached hydrogens (tertiary/aromatic N) is 4. The van der Waals surface area contributed by atoms with E-state index < -0.39 is 0 Å². The van der Waals surface area contributed by atoms with E-state index in [0.717, 1.165) is 29.6 Å². The van der Waals surface area contributed by atoms with Gasteiger partial charge in [-0.15, -0.1) is 0 Å². The normalized spacial score (nSPS) is 19.4. The molecule has 122 valence electrons. The molecule has 1 saturated heterocycles. The number of likely N-dealkylation sites (tertiary alicyclic amines) is 1. The van der Waals surface area contributed by atoms with Crippen molar-refractivity contribution in [3.63, 3.8) is 0 Å². The number of anilines is 1. The fourth-order valence-electron chi connectivity index (χ4n) is 3.12. The first-order chi connectivity index (χ1) is 11.1. The van der Waals surface area contributed by atoms with E-state index in [4.69, 9.17) is 5.73 Å². The zero-order valence-electron chi connectivity index (χ0n) is 13.8. The largest absolute Gasteiger partial charge is 0.370 e. The number of hydrogen-bond donors (Lipinski definition) is 2. The summed E-state index contributed by atoms with van der Waals surface area (Å²) in [6.07, 6.45) is 3.58. The molecular weight excluding hydrogens is 288 g/mol. The smallest absolute Gasteiger partial charge is 0.230 e. The van der Waals surface area contributed by atoms with Gasteiger partial charge in [0, 0.05) is 18.0 Å². The van der Waals surface area contributed by atoms with Crippen LogP contribution in [0.15, 0.2) is 29.3 Å². The van der Waals surface area contributed by atoms with Crippen molar-refractivity contribution >= 4 is 22.8 Å². The number of hydrogen-bond acceptors (Lipinski definition) is 4. The maximum Gasteiger partial charge on any atom is 0.230 e. The third-order valence-electron chi connectivity index (χ3n) is 4.45. The van der Waals surface area contributed by atoms with Crippen molar-refractivity contribution < 1.29 is 0 Å². The first-order valence-corrected chi connectivity index (χ1v) is 8.14. The minimum absolute atomic E-state index is 0.375. The molecule has 0 amide bonds. The molecule has 1 aliphatic heterocycles. The van der Waals surface area contributed by atoms with E-state index >= 15 is 0 Å². The molecule has 1 aromatic heterocycles. The number of aliphatic imine (C=N–C) groups is 1. The van der Waals surface area contributed by atoms with Gasteiger partial charge in [0.05, 0.1) is 11.2 Å². The minimum atomic E-state index is 0.375. The lowest BCUT2D eigenvalue weighted by Crippen LogP contribution is -2.27. The second kappa shape index (κ2) is 6.91. The van der Waals surface area contributed by atoms with Crippen LogP contribution in [0.25, 0.3) is 10.9 Å². The number of rotatable bonds is 4. The summed E-state index contributed by atoms with van der Waals surface area (Å²) in [5.41, 5.74) is 7.80. The highest BCUT2D eigenvalue weighted by Gasteiger charge is 2.19. The van der Waals surface area contributed by atoms with Gasteiger partial charge in [-0.3, -0.25) is 10.3 Å². The first kappa shape index (κ1) is 15.7. The van der Waals surface area contributed by atoms with Crippen LogP contribution in [-0.4, -0.2) is 47.0 Å². The average molecular weight is 312 g/mol. The number of guanidine groups is 1. The van der Waals surface area contributed by atoms with Gasteiger partial charge in [-0.2, -0.15) is 0 Å². The Bertz CT molecular complexity index is 711. The summed E-state index contributed by atoms with van der Waals surface area (Å²) in [4.78, 5) is 15.7. The van der Waals surface area contributed by atoms with E-state index in [-0.39, 0.29) is 0 Å². The van der Waals surface area contributed by atoms with Crippen LogP contribution < -0.4 is 11.1 Å². The Morgan fingerprint density at radius 3 is 3.00 bits per heavy atom. The highest BCUT2D eigenvalue weighted by atomic mass is 15.2. The van der Waals surface area contributed by atoms with Gasteiger partial charge < -0.3 is 10.6 Å². The summed E-state index contributed by atoms with van der Waals surface area (Å²) >= 11 is 0. The summed E-state index contributed by atoms with van der Waals surface area (Å²) in [6.45, 7) is 3.88. The number of benzene rings is 1. The van der Waals surface area contributed by atoms with Gasteiger partial charge in [-0.05, 0) is 45.8 Å². The monoisotopic (exact) mass is 312 g/mol. The fraction of sp³-hybridized carbons (Fsp3) is 0.471. The van der Waals surface area contributed by atoms with Gasteiger partial charge in [0.15, 0.2) is 5.96 Å². The third kappa shape index (κ3) is 3.76. The van der Waals surface area contributed by atoms with Crippen LogP contribution in [0.1, 0.15) is 25.0 Å². The molecule has 6 nitrogen and oxygen atoms in total. The van der Waals surface area contributed by atoms with Crippen molar-refractivity contribution in [2.45, 2.75) is 32.2 Å². The predicted octanol–water partition coefficient (Wildman–Crippen LogP) is 2.15. The quantitative estimate of drug-likeness (QED) is 0.668. The van der Waals surface area contributed by atoms with Crippen LogP contribution >= 0.6 is 0 Å². The molecule has 0 bridgehead atoms. The Balaban J connectivity index is 1.63. The van der Waals surface area contributed by atoms with Crippen molar-refractivity contribution in [1.29, 1.82) is 0 Å². The molecule has 0 radical (unpaired) electrons. The minimum Gasteiger partial charge on any atom is -0.370 e. The lowest BCUT2D eigenvalue weighted by atomic mass is 10.1. The van der Waals surface area contributed by atoms with Gasteiger partial charge >= 0.3 is 0 Å². The van der Waals surface area contributed by atoms with E-state index in [1.165, 1.54) is 19.4 Å². The maximum atomic E-state index is 5.96. The highest BCUT2D eigenvalue weighted by Crippen LogP contribution is 2.18. The van der Waals surface area contributed by atoms with E-state index in [0.29, 0.717) is 17.9 Å². The Morgan fingerprint density at radius 2 is 2.22 bits per heavy atom. The maximum absolute atomic E-state index is 5.96. The van der Waals surface area contributed by atoms with E-state index in [2.05, 4.69) is 32.2 Å². The molecule has 3 rings (SSSR count). The van der Waals surface area contributed by atoms with E-state index in [1.807, 2.05) is 31.2 Å². The molecule has 3 N–H and O–H groups in total. The second-order valence-corrected chi connectivity index (χ2v) is 6.11. The van der Waals surface area contributed by atoms with Crippen molar-refractivity contribution in [1.82, 2.24) is 14.9 Å². The Kier molecular flexibility index (Phi) is 4.71. The van der Waals surface area contributed by atoms with E-state index in [9.17, 15) is 0 Å². The first-order valence-electron chi connectivity index (χ1n) is 8.14. The van der Waals surface area contributed by atoms with Crippen molar-refractivity contribution in [3.05, 3.63) is 30.0 Å². The van der Waals surface area contributed by atoms with Crippen LogP contribution in [0.4, 0.5) is 5.95 Å². The zero-order valence-corrected chi connectivity index (χ0v) is 13.8. The molecule has 23 heavy (non-hydrogen) atoms. The average Bonchev–Trinajstić information content (AvgIpc) is 2.93. The van der Waals surface area contributed by atoms with Gasteiger partial charge in [0.25, 0.3) is 0 Å². The lowest BCUT2D eigenvalue weighted by molar-refractivity contribution is 0.299. The Labute approximate surface area is 136 Å². The molecule has 1 atom stereocenters. The Morgan fingerprint density at radius 1 is 1.39 bits per heavy atom. The molecule has 1 aliphatic rings. The fourth-order valence-corrected chi connectivity index (χ4v) is 3.12. The number of nitrogens with one attached hydrogen (secondary N) is 1. The topological polar surface area (TPSA) is 79.4 Å². The van der Waals surface area contributed by atoms with Gasteiger partial charge in [-0.1, -0.05) is 18.2 Å². The molecule has 2 aromatic rings. The van der Waals surface area contributed by atoms with Crippen molar-refractivity contribution in [3.8, 4) is 0 Å². The van der Waals surface area contributed by atoms with Crippen LogP contribution in [0.2, 0.25) is 0 Å². The van der Waals surface area contributed by atoms with Crippen LogP contribution in [0.5, 0.6) is 0 Å². The molecule has 6 heteroatoms. The molecule has 1 fully saturated rings. The predicted molar refractivity (Wildman–Crippen MR) is 94.7 cm³/mol. The lowest BCUT2D eigenvalue weighted by Gasteiger charge is -2.18. The number of para-hydroxylation sites is 1. The number of fused-ring (bicyclic) bond motifs is 1. The standard InChI is InChI=1S/C17H24N6/c1-12-14-7-3-4-8-15(14)21-17(20-12)22-16(18)19-10-9-13-6-5-11-23(13)2/h3-4,7-8,13H,5-6,9-11H2,1-2H3,(H3,18,19,20,21,22)/t13-/m1/s1. The number of nitrogens with two attached hydrogens (primary N) is 1. The third-order valence-corrected chi connectivity index (χ3v) is 4.45. The molecule has 0 aliphatic carbocycles. The highest BCUT2D eigenvalue weighted by molar-refractivity contribution is 5.92. The van der Waals surface area contributed by atoms with Crippen molar-refractivity contribution in [2.24, 2.45) is 10.7 Å². The second-order valence-electron chi connectivity index (χ2n) is 6.11. The van der Waals surface area contributed by atoms with Crippen LogP contribution in [0, 0.1) is 6.92 Å². The number of aromatic nitrogens is 2. The van der Waals surface area contributed by atoms with E-state index in [1.54, 1.807) is 0 Å². The molecule has 1 aromatic carbocycles. The summed E-state index contributed by atoms with van der Waals surface area (Å²) in [7, 11) is 2.18. The molecule has 0 spiro atoms. The SMILES string of the molecule is Cc1nc(NC(N)=NCC[C@H]2CCCN2C)nc2ccccc12. The Hall–Kier alpha value is -2.21. The summed E-state index contributed by atoms with van der Waals surface area (Å²) < 4.78 is 0. The van der Waals surface area contributed by atoms with Gasteiger partial charge in [0.1, 0.15) is 0 Å². The van der Waals surface area contributed by atoms with Crippen molar-refractivity contribution in [2.75, 3.05) is 25.5 Å². The number of aryl methyl sites for hydroxylation is 1. The summed E-state index contributed by atoms with van der Waals surface area (Å²) in [6, 6.07) is 8.57. The summed E-state index contributed by atoms with van der Waals surface area (Å²) in [5, 5.41) is 4.06. The summed E-state index contributed by atoms with van der Waals surface area (Å²) in [5.74, 6) is 0.876. The van der Waals surface area contributed by atoms with Crippen LogP contribution in [0.3, 0.4) is 0 Å².